The van der Waals surface area contributed by atoms with Crippen LogP contribution in [0.4, 0.5) is 0 Å². The number of hydrogen-bond acceptors (Lipinski definition) is 3. The van der Waals surface area contributed by atoms with E-state index in [1.807, 2.05) is 6.08 Å². The number of aliphatic hydroxyl groups is 1. The molecule has 2 heterocycles. The summed E-state index contributed by atoms with van der Waals surface area (Å²) in [5, 5.41) is 10.9. The molecule has 1 aliphatic carbocycles. The van der Waals surface area contributed by atoms with Crippen LogP contribution >= 0.6 is 0 Å². The molecule has 0 aromatic heterocycles. The van der Waals surface area contributed by atoms with Crippen molar-refractivity contribution in [3.8, 4) is 0 Å². The zero-order valence-electron chi connectivity index (χ0n) is 15.7. The number of allylic oxidation sites excluding steroid dienone is 2. The van der Waals surface area contributed by atoms with E-state index >= 15 is 0 Å². The van der Waals surface area contributed by atoms with E-state index in [1.54, 1.807) is 0 Å². The van der Waals surface area contributed by atoms with Crippen molar-refractivity contribution in [1.29, 1.82) is 0 Å². The van der Waals surface area contributed by atoms with Gasteiger partial charge in [0.1, 0.15) is 18.1 Å². The molecular formula is C23H30O3. The summed E-state index contributed by atoms with van der Waals surface area (Å²) in [5.41, 5.74) is 2.36. The Morgan fingerprint density at radius 1 is 1.15 bits per heavy atom. The molecule has 26 heavy (non-hydrogen) atoms. The Bertz CT molecular complexity index is 666. The maximum Gasteiger partial charge on any atom is 0.122 e. The van der Waals surface area contributed by atoms with Gasteiger partial charge in [0.2, 0.25) is 0 Å². The molecule has 1 aromatic rings. The Balaban J connectivity index is 1.55. The lowest BCUT2D eigenvalue weighted by molar-refractivity contribution is 0.153. The third-order valence-electron chi connectivity index (χ3n) is 6.17. The van der Waals surface area contributed by atoms with Crippen LogP contribution in [0.15, 0.2) is 53.5 Å². The summed E-state index contributed by atoms with van der Waals surface area (Å²) < 4.78 is 11.7. The molecule has 0 bridgehead atoms. The molecule has 3 unspecified atom stereocenters. The summed E-state index contributed by atoms with van der Waals surface area (Å²) in [7, 11) is 0. The molecule has 0 amide bonds. The lowest BCUT2D eigenvalue weighted by atomic mass is 9.84. The number of aliphatic hydroxyl groups excluding tert-OH is 1. The predicted octanol–water partition coefficient (Wildman–Crippen LogP) is 5.36. The Morgan fingerprint density at radius 2 is 1.96 bits per heavy atom. The van der Waals surface area contributed by atoms with Gasteiger partial charge in [-0.05, 0) is 49.5 Å². The van der Waals surface area contributed by atoms with Crippen LogP contribution in [0.2, 0.25) is 0 Å². The van der Waals surface area contributed by atoms with Crippen LogP contribution in [-0.2, 0) is 9.47 Å². The topological polar surface area (TPSA) is 38.7 Å². The van der Waals surface area contributed by atoms with Gasteiger partial charge in [0.15, 0.2) is 0 Å². The summed E-state index contributed by atoms with van der Waals surface area (Å²) in [6, 6.07) is 10.6. The van der Waals surface area contributed by atoms with E-state index in [2.05, 4.69) is 37.3 Å². The van der Waals surface area contributed by atoms with Gasteiger partial charge in [0.05, 0.1) is 0 Å². The third kappa shape index (κ3) is 3.83. The molecule has 1 aromatic carbocycles. The number of hydrogen-bond donors (Lipinski definition) is 1. The molecule has 3 nitrogen and oxygen atoms in total. The first-order valence-electron chi connectivity index (χ1n) is 10.1. The second kappa shape index (κ2) is 7.87. The van der Waals surface area contributed by atoms with E-state index in [-0.39, 0.29) is 5.92 Å². The van der Waals surface area contributed by atoms with Gasteiger partial charge in [-0.1, -0.05) is 37.3 Å². The highest BCUT2D eigenvalue weighted by Crippen LogP contribution is 2.48. The fraction of sp³-hybridized carbons (Fsp3) is 0.565. The SMILES string of the molecule is CCC(CC1CCOC1)C1=CC(O)=C(C(c2ccccc2)C2CC2)CO1. The van der Waals surface area contributed by atoms with Gasteiger partial charge >= 0.3 is 0 Å². The van der Waals surface area contributed by atoms with Gasteiger partial charge in [0.25, 0.3) is 0 Å². The van der Waals surface area contributed by atoms with Gasteiger partial charge in [0, 0.05) is 36.7 Å². The standard InChI is InChI=1S/C23H30O3/c1-2-17(12-16-10-11-25-14-16)22-13-21(24)20(15-26-22)23(19-8-9-19)18-6-4-3-5-7-18/h3-7,13,16-17,19,23-24H,2,8-12,14-15H2,1H3. The van der Waals surface area contributed by atoms with Gasteiger partial charge < -0.3 is 14.6 Å². The van der Waals surface area contributed by atoms with E-state index in [0.717, 1.165) is 43.8 Å². The Labute approximate surface area is 156 Å². The molecule has 0 radical (unpaired) electrons. The predicted molar refractivity (Wildman–Crippen MR) is 103 cm³/mol. The van der Waals surface area contributed by atoms with Gasteiger partial charge in [-0.25, -0.2) is 0 Å². The van der Waals surface area contributed by atoms with Gasteiger partial charge in [-0.15, -0.1) is 0 Å². The highest BCUT2D eigenvalue weighted by molar-refractivity contribution is 5.38. The molecule has 4 rings (SSSR count). The van der Waals surface area contributed by atoms with Crippen molar-refractivity contribution in [2.75, 3.05) is 19.8 Å². The monoisotopic (exact) mass is 354 g/mol. The number of ether oxygens (including phenoxy) is 2. The van der Waals surface area contributed by atoms with Crippen LogP contribution in [0.3, 0.4) is 0 Å². The molecule has 2 aliphatic heterocycles. The fourth-order valence-corrected chi connectivity index (χ4v) is 4.49. The van der Waals surface area contributed by atoms with Crippen molar-refractivity contribution < 1.29 is 14.6 Å². The van der Waals surface area contributed by atoms with Crippen LogP contribution in [0.5, 0.6) is 0 Å². The molecule has 3 heteroatoms. The summed E-state index contributed by atoms with van der Waals surface area (Å²) in [5.74, 6) is 3.33. The van der Waals surface area contributed by atoms with E-state index in [1.165, 1.54) is 18.4 Å². The first-order chi connectivity index (χ1) is 12.8. The highest BCUT2D eigenvalue weighted by Gasteiger charge is 2.37. The molecule has 1 saturated carbocycles. The minimum atomic E-state index is 0.289. The lowest BCUT2D eigenvalue weighted by Crippen LogP contribution is -2.20. The minimum absolute atomic E-state index is 0.289. The average Bonchev–Trinajstić information content (AvgIpc) is 3.37. The maximum absolute atomic E-state index is 10.9. The van der Waals surface area contributed by atoms with Crippen molar-refractivity contribution in [3.05, 3.63) is 59.1 Å². The van der Waals surface area contributed by atoms with Crippen LogP contribution in [0, 0.1) is 17.8 Å². The summed E-state index contributed by atoms with van der Waals surface area (Å²) in [4.78, 5) is 0. The van der Waals surface area contributed by atoms with Crippen LogP contribution in [0.25, 0.3) is 0 Å². The fourth-order valence-electron chi connectivity index (χ4n) is 4.49. The second-order valence-corrected chi connectivity index (χ2v) is 8.04. The maximum atomic E-state index is 10.9. The molecule has 3 atom stereocenters. The largest absolute Gasteiger partial charge is 0.508 e. The van der Waals surface area contributed by atoms with E-state index in [9.17, 15) is 5.11 Å². The zero-order valence-corrected chi connectivity index (χ0v) is 15.7. The van der Waals surface area contributed by atoms with Crippen LogP contribution in [-0.4, -0.2) is 24.9 Å². The molecular weight excluding hydrogens is 324 g/mol. The second-order valence-electron chi connectivity index (χ2n) is 8.04. The average molecular weight is 354 g/mol. The van der Waals surface area contributed by atoms with Crippen molar-refractivity contribution >= 4 is 0 Å². The molecule has 0 spiro atoms. The third-order valence-corrected chi connectivity index (χ3v) is 6.17. The van der Waals surface area contributed by atoms with Crippen LogP contribution < -0.4 is 0 Å². The van der Waals surface area contributed by atoms with Gasteiger partial charge in [-0.2, -0.15) is 0 Å². The number of benzene rings is 1. The van der Waals surface area contributed by atoms with Gasteiger partial charge in [-0.3, -0.25) is 0 Å². The molecule has 1 N–H and O–H groups in total. The van der Waals surface area contributed by atoms with E-state index in [0.29, 0.717) is 30.1 Å². The van der Waals surface area contributed by atoms with Crippen molar-refractivity contribution in [2.24, 2.45) is 17.8 Å². The summed E-state index contributed by atoms with van der Waals surface area (Å²) in [6.07, 6.45) is 7.67. The van der Waals surface area contributed by atoms with Crippen LogP contribution in [0.1, 0.15) is 50.5 Å². The van der Waals surface area contributed by atoms with Crippen molar-refractivity contribution in [2.45, 2.75) is 44.9 Å². The first-order valence-corrected chi connectivity index (χ1v) is 10.1. The normalized spacial score (nSPS) is 25.6. The Morgan fingerprint density at radius 3 is 2.58 bits per heavy atom. The molecule has 3 aliphatic rings. The van der Waals surface area contributed by atoms with Crippen molar-refractivity contribution in [3.63, 3.8) is 0 Å². The smallest absolute Gasteiger partial charge is 0.122 e. The number of rotatable bonds is 7. The Hall–Kier alpha value is -1.74. The molecule has 2 fully saturated rings. The Kier molecular flexibility index (Phi) is 5.35. The van der Waals surface area contributed by atoms with Crippen molar-refractivity contribution in [1.82, 2.24) is 0 Å². The molecule has 1 saturated heterocycles. The van der Waals surface area contributed by atoms with E-state index in [4.69, 9.17) is 9.47 Å². The highest BCUT2D eigenvalue weighted by atomic mass is 16.5. The summed E-state index contributed by atoms with van der Waals surface area (Å²) in [6.45, 7) is 4.48. The van der Waals surface area contributed by atoms with E-state index < -0.39 is 0 Å². The zero-order chi connectivity index (χ0) is 17.9. The quantitative estimate of drug-likeness (QED) is 0.716. The molecule has 140 valence electrons. The lowest BCUT2D eigenvalue weighted by Gasteiger charge is -2.29. The summed E-state index contributed by atoms with van der Waals surface area (Å²) >= 11 is 0. The minimum Gasteiger partial charge on any atom is -0.508 e. The first kappa shape index (κ1) is 17.7.